The Morgan fingerprint density at radius 1 is 1.29 bits per heavy atom. The lowest BCUT2D eigenvalue weighted by Gasteiger charge is -2.14. The normalized spacial score (nSPS) is 13.3. The van der Waals surface area contributed by atoms with E-state index >= 15 is 0 Å². The third kappa shape index (κ3) is 2.20. The van der Waals surface area contributed by atoms with Gasteiger partial charge >= 0.3 is 0 Å². The van der Waals surface area contributed by atoms with Crippen LogP contribution < -0.4 is 0 Å². The molecular formula is C11H15ClN4O. The highest BCUT2D eigenvalue weighted by Gasteiger charge is 2.22. The number of nitrogens with zero attached hydrogens (tertiary/aromatic N) is 4. The van der Waals surface area contributed by atoms with Crippen molar-refractivity contribution in [2.75, 3.05) is 0 Å². The van der Waals surface area contributed by atoms with Crippen molar-refractivity contribution in [1.29, 1.82) is 0 Å². The maximum absolute atomic E-state index is 6.06. The number of aryl methyl sites for hydroxylation is 1. The second kappa shape index (κ2) is 4.49. The summed E-state index contributed by atoms with van der Waals surface area (Å²) in [5, 5.41) is 8.34. The third-order valence-electron chi connectivity index (χ3n) is 2.58. The molecule has 2 aromatic heterocycles. The molecule has 17 heavy (non-hydrogen) atoms. The van der Waals surface area contributed by atoms with Gasteiger partial charge in [-0.05, 0) is 25.4 Å². The van der Waals surface area contributed by atoms with Crippen LogP contribution in [0.25, 0.3) is 0 Å². The van der Waals surface area contributed by atoms with Crippen molar-refractivity contribution in [3.05, 3.63) is 29.0 Å². The smallest absolute Gasteiger partial charge is 0.225 e. The first-order valence-electron chi connectivity index (χ1n) is 5.53. The van der Waals surface area contributed by atoms with Gasteiger partial charge in [0.2, 0.25) is 11.2 Å². The number of oxazole rings is 1. The van der Waals surface area contributed by atoms with E-state index in [1.807, 2.05) is 32.3 Å². The van der Waals surface area contributed by atoms with Crippen molar-refractivity contribution in [3.63, 3.8) is 0 Å². The molecule has 5 nitrogen and oxygen atoms in total. The standard InChI is InChI=1S/C11H15ClN4O/c1-6(2)9-14-15-11(12)16(9)8(4)10-13-5-7(3)17-10/h5-6,8H,1-4H3. The van der Waals surface area contributed by atoms with Crippen LogP contribution in [0.4, 0.5) is 0 Å². The van der Waals surface area contributed by atoms with E-state index in [0.29, 0.717) is 11.2 Å². The summed E-state index contributed by atoms with van der Waals surface area (Å²) in [5.74, 6) is 2.47. The summed E-state index contributed by atoms with van der Waals surface area (Å²) in [6, 6.07) is -0.108. The molecule has 1 atom stereocenters. The van der Waals surface area contributed by atoms with E-state index in [1.54, 1.807) is 6.20 Å². The van der Waals surface area contributed by atoms with Gasteiger partial charge in [0.15, 0.2) is 0 Å². The molecule has 2 heterocycles. The van der Waals surface area contributed by atoms with Crippen LogP contribution in [0, 0.1) is 6.92 Å². The average molecular weight is 255 g/mol. The summed E-state index contributed by atoms with van der Waals surface area (Å²) in [6.07, 6.45) is 1.69. The predicted octanol–water partition coefficient (Wildman–Crippen LogP) is 2.96. The molecular weight excluding hydrogens is 240 g/mol. The first kappa shape index (κ1) is 12.1. The Bertz CT molecular complexity index is 517. The molecule has 0 saturated carbocycles. The van der Waals surface area contributed by atoms with Gasteiger partial charge in [0, 0.05) is 5.92 Å². The van der Waals surface area contributed by atoms with Gasteiger partial charge in [0.05, 0.1) is 6.20 Å². The maximum atomic E-state index is 6.06. The fourth-order valence-corrected chi connectivity index (χ4v) is 1.98. The molecule has 0 aliphatic heterocycles. The summed E-state index contributed by atoms with van der Waals surface area (Å²) in [5.41, 5.74) is 0. The van der Waals surface area contributed by atoms with Crippen molar-refractivity contribution in [1.82, 2.24) is 19.7 Å². The first-order valence-corrected chi connectivity index (χ1v) is 5.91. The molecule has 0 N–H and O–H groups in total. The van der Waals surface area contributed by atoms with E-state index in [0.717, 1.165) is 11.6 Å². The van der Waals surface area contributed by atoms with Gasteiger partial charge in [-0.25, -0.2) is 4.98 Å². The lowest BCUT2D eigenvalue weighted by molar-refractivity contribution is 0.407. The van der Waals surface area contributed by atoms with Gasteiger partial charge in [-0.2, -0.15) is 0 Å². The van der Waals surface area contributed by atoms with E-state index in [2.05, 4.69) is 15.2 Å². The Kier molecular flexibility index (Phi) is 3.19. The summed E-state index contributed by atoms with van der Waals surface area (Å²) in [4.78, 5) is 4.21. The molecule has 6 heteroatoms. The van der Waals surface area contributed by atoms with E-state index in [4.69, 9.17) is 16.0 Å². The molecule has 0 radical (unpaired) electrons. The van der Waals surface area contributed by atoms with Crippen LogP contribution in [0.15, 0.2) is 10.6 Å². The van der Waals surface area contributed by atoms with Gasteiger partial charge < -0.3 is 4.42 Å². The van der Waals surface area contributed by atoms with E-state index in [-0.39, 0.29) is 12.0 Å². The van der Waals surface area contributed by atoms with Crippen molar-refractivity contribution in [3.8, 4) is 0 Å². The highest BCUT2D eigenvalue weighted by atomic mass is 35.5. The molecule has 0 amide bonds. The van der Waals surface area contributed by atoms with Crippen LogP contribution in [0.2, 0.25) is 5.28 Å². The zero-order chi connectivity index (χ0) is 12.6. The molecule has 0 fully saturated rings. The number of halogens is 1. The number of hydrogen-bond acceptors (Lipinski definition) is 4. The second-order valence-electron chi connectivity index (χ2n) is 4.34. The fourth-order valence-electron chi connectivity index (χ4n) is 1.71. The first-order chi connectivity index (χ1) is 8.00. The molecule has 0 saturated heterocycles. The Balaban J connectivity index is 2.43. The molecule has 0 aliphatic carbocycles. The monoisotopic (exact) mass is 254 g/mol. The second-order valence-corrected chi connectivity index (χ2v) is 4.68. The van der Waals surface area contributed by atoms with Crippen LogP contribution in [0.1, 0.15) is 50.2 Å². The van der Waals surface area contributed by atoms with Gasteiger partial charge in [-0.3, -0.25) is 4.57 Å². The molecule has 92 valence electrons. The lowest BCUT2D eigenvalue weighted by Crippen LogP contribution is -2.12. The van der Waals surface area contributed by atoms with Gasteiger partial charge in [0.1, 0.15) is 17.6 Å². The Hall–Kier alpha value is -1.36. The number of hydrogen-bond donors (Lipinski definition) is 0. The summed E-state index contributed by atoms with van der Waals surface area (Å²) < 4.78 is 7.36. The Morgan fingerprint density at radius 2 is 2.00 bits per heavy atom. The molecule has 2 aromatic rings. The highest BCUT2D eigenvalue weighted by molar-refractivity contribution is 6.28. The van der Waals surface area contributed by atoms with Gasteiger partial charge in [-0.1, -0.05) is 13.8 Å². The van der Waals surface area contributed by atoms with Crippen molar-refractivity contribution in [2.45, 2.75) is 39.7 Å². The van der Waals surface area contributed by atoms with Gasteiger partial charge in [-0.15, -0.1) is 10.2 Å². The third-order valence-corrected chi connectivity index (χ3v) is 2.84. The Morgan fingerprint density at radius 3 is 2.53 bits per heavy atom. The Labute approximate surface area is 105 Å². The minimum absolute atomic E-state index is 0.108. The van der Waals surface area contributed by atoms with Crippen molar-refractivity contribution < 1.29 is 4.42 Å². The van der Waals surface area contributed by atoms with Crippen LogP contribution in [-0.2, 0) is 0 Å². The molecule has 0 aromatic carbocycles. The topological polar surface area (TPSA) is 56.7 Å². The van der Waals surface area contributed by atoms with Gasteiger partial charge in [0.25, 0.3) is 0 Å². The van der Waals surface area contributed by atoms with E-state index in [1.165, 1.54) is 0 Å². The van der Waals surface area contributed by atoms with E-state index < -0.39 is 0 Å². The van der Waals surface area contributed by atoms with Crippen LogP contribution in [0.3, 0.4) is 0 Å². The zero-order valence-electron chi connectivity index (χ0n) is 10.3. The zero-order valence-corrected chi connectivity index (χ0v) is 11.1. The summed E-state index contributed by atoms with van der Waals surface area (Å²) in [6.45, 7) is 7.92. The fraction of sp³-hybridized carbons (Fsp3) is 0.545. The highest BCUT2D eigenvalue weighted by Crippen LogP contribution is 2.26. The number of aromatic nitrogens is 4. The predicted molar refractivity (Wildman–Crippen MR) is 64.2 cm³/mol. The average Bonchev–Trinajstić information content (AvgIpc) is 2.83. The number of rotatable bonds is 3. The largest absolute Gasteiger partial charge is 0.444 e. The molecule has 0 aliphatic rings. The van der Waals surface area contributed by atoms with Crippen molar-refractivity contribution in [2.24, 2.45) is 0 Å². The van der Waals surface area contributed by atoms with Crippen molar-refractivity contribution >= 4 is 11.6 Å². The molecule has 0 bridgehead atoms. The molecule has 0 spiro atoms. The molecule has 2 rings (SSSR count). The SMILES string of the molecule is Cc1cnc(C(C)n2c(Cl)nnc2C(C)C)o1. The molecule has 1 unspecified atom stereocenters. The lowest BCUT2D eigenvalue weighted by atomic mass is 10.2. The van der Waals surface area contributed by atoms with Crippen LogP contribution in [0.5, 0.6) is 0 Å². The van der Waals surface area contributed by atoms with E-state index in [9.17, 15) is 0 Å². The van der Waals surface area contributed by atoms with Crippen LogP contribution in [-0.4, -0.2) is 19.7 Å². The van der Waals surface area contributed by atoms with Crippen LogP contribution >= 0.6 is 11.6 Å². The maximum Gasteiger partial charge on any atom is 0.225 e. The summed E-state index contributed by atoms with van der Waals surface area (Å²) in [7, 11) is 0. The minimum Gasteiger partial charge on any atom is -0.444 e. The minimum atomic E-state index is -0.108. The summed E-state index contributed by atoms with van der Waals surface area (Å²) >= 11 is 6.06. The quantitative estimate of drug-likeness (QED) is 0.845.